The van der Waals surface area contributed by atoms with Crippen molar-refractivity contribution in [3.63, 3.8) is 0 Å². The number of anilines is 2. The highest BCUT2D eigenvalue weighted by atomic mass is 32.2. The van der Waals surface area contributed by atoms with Crippen LogP contribution in [-0.4, -0.2) is 27.5 Å². The van der Waals surface area contributed by atoms with Gasteiger partial charge in [-0.25, -0.2) is 15.8 Å². The Balaban J connectivity index is 2.16. The van der Waals surface area contributed by atoms with Crippen LogP contribution in [0.2, 0.25) is 0 Å². The molecule has 0 saturated heterocycles. The Kier molecular flexibility index (Phi) is 5.48. The van der Waals surface area contributed by atoms with Crippen LogP contribution >= 0.6 is 11.8 Å². The lowest BCUT2D eigenvalue weighted by molar-refractivity contribution is 0.474. The maximum atomic E-state index is 5.50. The molecule has 1 aliphatic carbocycles. The number of nitrogens with one attached hydrogen (secondary N) is 2. The van der Waals surface area contributed by atoms with Crippen LogP contribution in [0.3, 0.4) is 0 Å². The highest BCUT2D eigenvalue weighted by Gasteiger charge is 2.24. The van der Waals surface area contributed by atoms with Gasteiger partial charge < -0.3 is 10.7 Å². The molecule has 1 aliphatic rings. The van der Waals surface area contributed by atoms with E-state index in [4.69, 9.17) is 5.84 Å². The van der Waals surface area contributed by atoms with Crippen molar-refractivity contribution >= 4 is 23.4 Å². The van der Waals surface area contributed by atoms with Crippen molar-refractivity contribution in [1.82, 2.24) is 9.97 Å². The molecule has 1 aromatic rings. The van der Waals surface area contributed by atoms with Crippen molar-refractivity contribution in [1.29, 1.82) is 0 Å². The van der Waals surface area contributed by atoms with Gasteiger partial charge >= 0.3 is 0 Å². The molecule has 0 aliphatic heterocycles. The molecular formula is C14H25N5S. The van der Waals surface area contributed by atoms with Crippen LogP contribution in [0.25, 0.3) is 0 Å². The van der Waals surface area contributed by atoms with Crippen LogP contribution in [0.15, 0.2) is 6.07 Å². The van der Waals surface area contributed by atoms with Gasteiger partial charge in [0.25, 0.3) is 0 Å². The van der Waals surface area contributed by atoms with E-state index in [0.29, 0.717) is 17.1 Å². The summed E-state index contributed by atoms with van der Waals surface area (Å²) in [6, 6.07) is 2.37. The van der Waals surface area contributed by atoms with Crippen molar-refractivity contribution in [2.75, 3.05) is 17.0 Å². The van der Waals surface area contributed by atoms with Gasteiger partial charge in [0.1, 0.15) is 17.5 Å². The summed E-state index contributed by atoms with van der Waals surface area (Å²) in [7, 11) is 0. The van der Waals surface area contributed by atoms with Crippen molar-refractivity contribution in [3.8, 4) is 0 Å². The molecule has 2 atom stereocenters. The van der Waals surface area contributed by atoms with Gasteiger partial charge in [-0.3, -0.25) is 0 Å². The minimum atomic E-state index is 0.284. The summed E-state index contributed by atoms with van der Waals surface area (Å²) in [5.41, 5.74) is 2.63. The lowest BCUT2D eigenvalue weighted by Gasteiger charge is -2.31. The molecule has 0 radical (unpaired) electrons. The predicted octanol–water partition coefficient (Wildman–Crippen LogP) is 2.97. The molecule has 1 fully saturated rings. The molecule has 1 aromatic heterocycles. The van der Waals surface area contributed by atoms with Crippen molar-refractivity contribution in [2.24, 2.45) is 5.84 Å². The number of hydrogen-bond acceptors (Lipinski definition) is 6. The van der Waals surface area contributed by atoms with E-state index in [-0.39, 0.29) is 5.92 Å². The van der Waals surface area contributed by atoms with Gasteiger partial charge in [0.05, 0.1) is 0 Å². The number of hydrogen-bond donors (Lipinski definition) is 3. The molecule has 5 nitrogen and oxygen atoms in total. The third-order valence-corrected chi connectivity index (χ3v) is 4.92. The summed E-state index contributed by atoms with van der Waals surface area (Å²) in [4.78, 5) is 9.01. The number of nitrogens with two attached hydrogens (primary N) is 1. The molecule has 4 N–H and O–H groups in total. The molecule has 20 heavy (non-hydrogen) atoms. The smallest absolute Gasteiger partial charge is 0.145 e. The van der Waals surface area contributed by atoms with Gasteiger partial charge in [0.15, 0.2) is 0 Å². The van der Waals surface area contributed by atoms with E-state index in [1.165, 1.54) is 25.7 Å². The molecule has 0 bridgehead atoms. The summed E-state index contributed by atoms with van der Waals surface area (Å²) in [6.45, 7) is 4.18. The zero-order chi connectivity index (χ0) is 14.5. The van der Waals surface area contributed by atoms with Crippen molar-refractivity contribution in [3.05, 3.63) is 11.9 Å². The van der Waals surface area contributed by atoms with E-state index in [2.05, 4.69) is 40.8 Å². The van der Waals surface area contributed by atoms with Gasteiger partial charge in [0.2, 0.25) is 0 Å². The van der Waals surface area contributed by atoms with Gasteiger partial charge in [-0.1, -0.05) is 26.7 Å². The normalized spacial score (nSPS) is 22.9. The molecule has 1 saturated carbocycles. The number of nitrogen functional groups attached to an aromatic ring is 1. The van der Waals surface area contributed by atoms with Crippen molar-refractivity contribution < 1.29 is 0 Å². The summed E-state index contributed by atoms with van der Waals surface area (Å²) < 4.78 is 0. The van der Waals surface area contributed by atoms with Gasteiger partial charge in [-0.05, 0) is 19.1 Å². The summed E-state index contributed by atoms with van der Waals surface area (Å²) in [5.74, 6) is 8.15. The Morgan fingerprint density at radius 1 is 1.25 bits per heavy atom. The Bertz CT molecular complexity index is 438. The van der Waals surface area contributed by atoms with E-state index >= 15 is 0 Å². The van der Waals surface area contributed by atoms with E-state index in [9.17, 15) is 0 Å². The van der Waals surface area contributed by atoms with Gasteiger partial charge in [-0.2, -0.15) is 11.8 Å². The van der Waals surface area contributed by atoms with Crippen LogP contribution < -0.4 is 16.6 Å². The second-order valence-corrected chi connectivity index (χ2v) is 6.68. The summed E-state index contributed by atoms with van der Waals surface area (Å²) in [6.07, 6.45) is 7.30. The lowest BCUT2D eigenvalue weighted by atomic mass is 9.95. The third-order valence-electron chi connectivity index (χ3n) is 3.75. The lowest BCUT2D eigenvalue weighted by Crippen LogP contribution is -2.34. The quantitative estimate of drug-likeness (QED) is 0.573. The largest absolute Gasteiger partial charge is 0.366 e. The maximum absolute atomic E-state index is 5.50. The van der Waals surface area contributed by atoms with E-state index < -0.39 is 0 Å². The topological polar surface area (TPSA) is 75.9 Å². The first-order valence-corrected chi connectivity index (χ1v) is 8.57. The second kappa shape index (κ2) is 7.13. The third kappa shape index (κ3) is 3.76. The standard InChI is InChI=1S/C14H25N5S/c1-9(2)14-17-12(8-13(18-14)19-15)16-10-6-4-5-7-11(10)20-3/h8-11H,4-7,15H2,1-3H3,(H2,16,17,18,19). The first kappa shape index (κ1) is 15.4. The number of aromatic nitrogens is 2. The molecule has 2 unspecified atom stereocenters. The average Bonchev–Trinajstić information content (AvgIpc) is 2.47. The van der Waals surface area contributed by atoms with Crippen LogP contribution in [0.4, 0.5) is 11.6 Å². The fourth-order valence-corrected chi connectivity index (χ4v) is 3.54. The molecule has 6 heteroatoms. The summed E-state index contributed by atoms with van der Waals surface area (Å²) >= 11 is 1.95. The van der Waals surface area contributed by atoms with Crippen LogP contribution in [0, 0.1) is 0 Å². The fraction of sp³-hybridized carbons (Fsp3) is 0.714. The molecule has 0 aromatic carbocycles. The Morgan fingerprint density at radius 2 is 1.95 bits per heavy atom. The molecule has 112 valence electrons. The van der Waals surface area contributed by atoms with Gasteiger partial charge in [0, 0.05) is 23.3 Å². The first-order chi connectivity index (χ1) is 9.63. The molecular weight excluding hydrogens is 270 g/mol. The van der Waals surface area contributed by atoms with Crippen molar-refractivity contribution in [2.45, 2.75) is 56.7 Å². The Morgan fingerprint density at radius 3 is 2.60 bits per heavy atom. The van der Waals surface area contributed by atoms with Gasteiger partial charge in [-0.15, -0.1) is 0 Å². The Hall–Kier alpha value is -1.01. The SMILES string of the molecule is CSC1CCCCC1Nc1cc(NN)nc(C(C)C)n1. The van der Waals surface area contributed by atoms with Crippen LogP contribution in [0.1, 0.15) is 51.3 Å². The second-order valence-electron chi connectivity index (χ2n) is 5.61. The van der Waals surface area contributed by atoms with Crippen LogP contribution in [0.5, 0.6) is 0 Å². The monoisotopic (exact) mass is 295 g/mol. The van der Waals surface area contributed by atoms with Crippen LogP contribution in [-0.2, 0) is 0 Å². The van der Waals surface area contributed by atoms with E-state index in [0.717, 1.165) is 11.6 Å². The van der Waals surface area contributed by atoms with E-state index in [1.54, 1.807) is 0 Å². The molecule has 0 spiro atoms. The Labute approximate surface area is 125 Å². The predicted molar refractivity (Wildman–Crippen MR) is 87.1 cm³/mol. The highest BCUT2D eigenvalue weighted by molar-refractivity contribution is 7.99. The molecule has 1 heterocycles. The number of rotatable bonds is 5. The number of nitrogens with zero attached hydrogens (tertiary/aromatic N) is 2. The van der Waals surface area contributed by atoms with E-state index in [1.807, 2.05) is 17.8 Å². The summed E-state index contributed by atoms with van der Waals surface area (Å²) in [5, 5.41) is 4.25. The minimum Gasteiger partial charge on any atom is -0.366 e. The zero-order valence-corrected chi connectivity index (χ0v) is 13.3. The first-order valence-electron chi connectivity index (χ1n) is 7.29. The number of thioether (sulfide) groups is 1. The zero-order valence-electron chi connectivity index (χ0n) is 12.5. The molecule has 2 rings (SSSR count). The maximum Gasteiger partial charge on any atom is 0.145 e. The highest BCUT2D eigenvalue weighted by Crippen LogP contribution is 2.29. The fourth-order valence-electron chi connectivity index (χ4n) is 2.61. The number of hydrazine groups is 1. The molecule has 0 amide bonds. The average molecular weight is 295 g/mol. The minimum absolute atomic E-state index is 0.284.